The number of fused-ring (bicyclic) bond motifs is 5. The van der Waals surface area contributed by atoms with Crippen LogP contribution in [0.4, 0.5) is 5.69 Å². The smallest absolute Gasteiger partial charge is 0.184 e. The first-order valence-corrected chi connectivity index (χ1v) is 7.89. The molecular formula is C19H21NO. The van der Waals surface area contributed by atoms with Crippen molar-refractivity contribution >= 4 is 5.69 Å². The Labute approximate surface area is 126 Å². The fraction of sp³-hybridized carbons (Fsp3) is 0.368. The van der Waals surface area contributed by atoms with E-state index in [9.17, 15) is 0 Å². The standard InChI is InChI=1S/C19H21NO/c1-3-4-11-19-14-7-5-6-8-16(14)20-18(19)21-17-10-9-13(2)12-15(17)19/h5-10,12,18,20H,3-4,11H2,1-2H3/t18-,19+/m0/s1. The van der Waals surface area contributed by atoms with Crippen LogP contribution in [0.25, 0.3) is 0 Å². The molecule has 0 amide bonds. The van der Waals surface area contributed by atoms with Gasteiger partial charge in [0.1, 0.15) is 5.75 Å². The highest BCUT2D eigenvalue weighted by Gasteiger charge is 2.54. The second-order valence-corrected chi connectivity index (χ2v) is 6.26. The Bertz CT molecular complexity index is 694. The molecule has 0 fully saturated rings. The van der Waals surface area contributed by atoms with E-state index < -0.39 is 0 Å². The zero-order valence-corrected chi connectivity index (χ0v) is 12.6. The van der Waals surface area contributed by atoms with Crippen LogP contribution in [0.2, 0.25) is 0 Å². The maximum absolute atomic E-state index is 6.26. The molecule has 2 aliphatic heterocycles. The molecule has 0 unspecified atom stereocenters. The summed E-state index contributed by atoms with van der Waals surface area (Å²) in [6.07, 6.45) is 3.59. The van der Waals surface area contributed by atoms with Gasteiger partial charge in [0, 0.05) is 11.3 Å². The van der Waals surface area contributed by atoms with Crippen LogP contribution >= 0.6 is 0 Å². The lowest BCUT2D eigenvalue weighted by atomic mass is 9.72. The molecule has 0 saturated heterocycles. The summed E-state index contributed by atoms with van der Waals surface area (Å²) in [4.78, 5) is 0. The van der Waals surface area contributed by atoms with Gasteiger partial charge in [0.15, 0.2) is 6.23 Å². The number of anilines is 1. The SMILES string of the molecule is CCCC[C@]12c3ccccc3N[C@H]1Oc1ccc(C)cc12. The number of aryl methyl sites for hydroxylation is 1. The van der Waals surface area contributed by atoms with Gasteiger partial charge in [-0.25, -0.2) is 0 Å². The lowest BCUT2D eigenvalue weighted by Gasteiger charge is -2.28. The van der Waals surface area contributed by atoms with E-state index in [2.05, 4.69) is 61.6 Å². The number of unbranched alkanes of at least 4 members (excludes halogenated alkanes) is 1. The summed E-state index contributed by atoms with van der Waals surface area (Å²) in [5, 5.41) is 3.59. The normalized spacial score (nSPS) is 24.8. The van der Waals surface area contributed by atoms with E-state index in [1.54, 1.807) is 0 Å². The topological polar surface area (TPSA) is 21.3 Å². The number of benzene rings is 2. The van der Waals surface area contributed by atoms with Crippen molar-refractivity contribution in [3.63, 3.8) is 0 Å². The van der Waals surface area contributed by atoms with E-state index >= 15 is 0 Å². The van der Waals surface area contributed by atoms with Crippen LogP contribution in [0.3, 0.4) is 0 Å². The maximum Gasteiger partial charge on any atom is 0.184 e. The third-order valence-electron chi connectivity index (χ3n) is 4.93. The fourth-order valence-corrected chi connectivity index (χ4v) is 3.90. The van der Waals surface area contributed by atoms with Gasteiger partial charge in [-0.1, -0.05) is 55.7 Å². The molecule has 4 rings (SSSR count). The lowest BCUT2D eigenvalue weighted by Crippen LogP contribution is -2.38. The largest absolute Gasteiger partial charge is 0.469 e. The molecule has 0 aliphatic carbocycles. The number of rotatable bonds is 3. The summed E-state index contributed by atoms with van der Waals surface area (Å²) in [6, 6.07) is 15.2. The molecule has 2 nitrogen and oxygen atoms in total. The molecule has 2 heteroatoms. The molecular weight excluding hydrogens is 258 g/mol. The molecule has 1 N–H and O–H groups in total. The molecule has 0 aromatic heterocycles. The molecule has 2 aliphatic rings. The van der Waals surface area contributed by atoms with Gasteiger partial charge in [0.25, 0.3) is 0 Å². The molecule has 21 heavy (non-hydrogen) atoms. The van der Waals surface area contributed by atoms with Gasteiger partial charge < -0.3 is 10.1 Å². The number of ether oxygens (including phenoxy) is 1. The van der Waals surface area contributed by atoms with Gasteiger partial charge in [-0.3, -0.25) is 0 Å². The predicted octanol–water partition coefficient (Wildman–Crippen LogP) is 4.62. The Morgan fingerprint density at radius 3 is 2.86 bits per heavy atom. The quantitative estimate of drug-likeness (QED) is 0.885. The number of hydrogen-bond acceptors (Lipinski definition) is 2. The Morgan fingerprint density at radius 2 is 2.00 bits per heavy atom. The van der Waals surface area contributed by atoms with Crippen molar-refractivity contribution in [3.05, 3.63) is 59.2 Å². The molecule has 2 heterocycles. The van der Waals surface area contributed by atoms with Crippen LogP contribution < -0.4 is 10.1 Å². The van der Waals surface area contributed by atoms with E-state index in [0.717, 1.165) is 12.2 Å². The second-order valence-electron chi connectivity index (χ2n) is 6.26. The minimum atomic E-state index is -0.0199. The van der Waals surface area contributed by atoms with Crippen molar-refractivity contribution in [1.29, 1.82) is 0 Å². The Balaban J connectivity index is 1.94. The second kappa shape index (κ2) is 4.52. The van der Waals surface area contributed by atoms with Gasteiger partial charge in [-0.15, -0.1) is 0 Å². The van der Waals surface area contributed by atoms with Gasteiger partial charge in [0.05, 0.1) is 5.41 Å². The molecule has 0 saturated carbocycles. The van der Waals surface area contributed by atoms with Gasteiger partial charge in [0.2, 0.25) is 0 Å². The van der Waals surface area contributed by atoms with Gasteiger partial charge in [-0.05, 0) is 31.0 Å². The summed E-state index contributed by atoms with van der Waals surface area (Å²) in [6.45, 7) is 4.42. The average Bonchev–Trinajstić information content (AvgIpc) is 2.96. The molecule has 0 bridgehead atoms. The van der Waals surface area contributed by atoms with Crippen LogP contribution in [-0.2, 0) is 5.41 Å². The average molecular weight is 279 g/mol. The van der Waals surface area contributed by atoms with Crippen molar-refractivity contribution < 1.29 is 4.74 Å². The highest BCUT2D eigenvalue weighted by molar-refractivity contribution is 5.69. The Kier molecular flexibility index (Phi) is 2.75. The number of hydrogen-bond donors (Lipinski definition) is 1. The van der Waals surface area contributed by atoms with Crippen LogP contribution in [0, 0.1) is 6.92 Å². The minimum Gasteiger partial charge on any atom is -0.469 e. The molecule has 2 aromatic carbocycles. The van der Waals surface area contributed by atoms with Crippen LogP contribution in [0.15, 0.2) is 42.5 Å². The van der Waals surface area contributed by atoms with Crippen molar-refractivity contribution in [2.75, 3.05) is 5.32 Å². The first-order chi connectivity index (χ1) is 10.3. The Hall–Kier alpha value is -1.96. The first kappa shape index (κ1) is 12.8. The zero-order valence-electron chi connectivity index (χ0n) is 12.6. The van der Waals surface area contributed by atoms with E-state index in [1.165, 1.54) is 35.2 Å². The third-order valence-corrected chi connectivity index (χ3v) is 4.93. The summed E-state index contributed by atoms with van der Waals surface area (Å²) < 4.78 is 6.26. The third kappa shape index (κ3) is 1.65. The summed E-state index contributed by atoms with van der Waals surface area (Å²) in [7, 11) is 0. The van der Waals surface area contributed by atoms with E-state index in [1.807, 2.05) is 0 Å². The van der Waals surface area contributed by atoms with Crippen LogP contribution in [0.1, 0.15) is 42.9 Å². The fourth-order valence-electron chi connectivity index (χ4n) is 3.90. The molecule has 0 spiro atoms. The maximum atomic E-state index is 6.26. The van der Waals surface area contributed by atoms with E-state index in [-0.39, 0.29) is 11.6 Å². The van der Waals surface area contributed by atoms with Crippen molar-refractivity contribution in [2.24, 2.45) is 0 Å². The van der Waals surface area contributed by atoms with Crippen molar-refractivity contribution in [1.82, 2.24) is 0 Å². The monoisotopic (exact) mass is 279 g/mol. The molecule has 0 radical (unpaired) electrons. The van der Waals surface area contributed by atoms with Gasteiger partial charge >= 0.3 is 0 Å². The van der Waals surface area contributed by atoms with Crippen molar-refractivity contribution in [3.8, 4) is 5.75 Å². The predicted molar refractivity (Wildman–Crippen MR) is 86.0 cm³/mol. The number of para-hydroxylation sites is 1. The molecule has 2 aromatic rings. The van der Waals surface area contributed by atoms with Crippen LogP contribution in [0.5, 0.6) is 5.75 Å². The lowest BCUT2D eigenvalue weighted by molar-refractivity contribution is 0.198. The zero-order chi connectivity index (χ0) is 14.4. The Morgan fingerprint density at radius 1 is 1.14 bits per heavy atom. The van der Waals surface area contributed by atoms with E-state index in [4.69, 9.17) is 4.74 Å². The highest BCUT2D eigenvalue weighted by atomic mass is 16.5. The van der Waals surface area contributed by atoms with Crippen LogP contribution in [-0.4, -0.2) is 6.23 Å². The minimum absolute atomic E-state index is 0.0199. The summed E-state index contributed by atoms with van der Waals surface area (Å²) in [5.74, 6) is 1.05. The van der Waals surface area contributed by atoms with E-state index in [0.29, 0.717) is 0 Å². The summed E-state index contributed by atoms with van der Waals surface area (Å²) in [5.41, 5.74) is 5.27. The first-order valence-electron chi connectivity index (χ1n) is 7.89. The number of nitrogens with one attached hydrogen (secondary N) is 1. The molecule has 2 atom stereocenters. The summed E-state index contributed by atoms with van der Waals surface area (Å²) >= 11 is 0. The molecule has 108 valence electrons. The van der Waals surface area contributed by atoms with Gasteiger partial charge in [-0.2, -0.15) is 0 Å². The van der Waals surface area contributed by atoms with Crippen molar-refractivity contribution in [2.45, 2.75) is 44.8 Å². The highest BCUT2D eigenvalue weighted by Crippen LogP contribution is 2.56.